The molecule has 3 aromatic rings. The van der Waals surface area contributed by atoms with Crippen molar-refractivity contribution in [1.29, 1.82) is 0 Å². The van der Waals surface area contributed by atoms with Crippen LogP contribution in [0.15, 0.2) is 36.4 Å². The molecular formula is C13H7ClIN3O2. The van der Waals surface area contributed by atoms with Crippen LogP contribution in [0.2, 0.25) is 5.02 Å². The van der Waals surface area contributed by atoms with Gasteiger partial charge in [-0.15, -0.1) is 5.10 Å². The zero-order chi connectivity index (χ0) is 14.3. The van der Waals surface area contributed by atoms with Gasteiger partial charge in [-0.2, -0.15) is 0 Å². The summed E-state index contributed by atoms with van der Waals surface area (Å²) in [5.74, 6) is -1.03. The van der Waals surface area contributed by atoms with Gasteiger partial charge in [-0.1, -0.05) is 22.9 Å². The molecule has 1 heterocycles. The highest BCUT2D eigenvalue weighted by Crippen LogP contribution is 2.26. The van der Waals surface area contributed by atoms with Gasteiger partial charge < -0.3 is 5.11 Å². The minimum absolute atomic E-state index is 0.121. The average molecular weight is 400 g/mol. The predicted molar refractivity (Wildman–Crippen MR) is 83.6 cm³/mol. The molecule has 0 aliphatic carbocycles. The van der Waals surface area contributed by atoms with E-state index in [2.05, 4.69) is 32.9 Å². The molecule has 0 saturated carbocycles. The highest BCUT2D eigenvalue weighted by Gasteiger charge is 2.15. The molecule has 5 nitrogen and oxygen atoms in total. The topological polar surface area (TPSA) is 68.0 Å². The molecule has 0 aliphatic rings. The van der Waals surface area contributed by atoms with E-state index in [4.69, 9.17) is 16.7 Å². The molecule has 0 radical (unpaired) electrons. The van der Waals surface area contributed by atoms with Crippen LogP contribution in [0.3, 0.4) is 0 Å². The highest BCUT2D eigenvalue weighted by atomic mass is 127. The van der Waals surface area contributed by atoms with E-state index in [9.17, 15) is 4.79 Å². The molecule has 0 fully saturated rings. The number of nitrogens with zero attached hydrogens (tertiary/aromatic N) is 3. The molecule has 0 spiro atoms. The molecule has 0 atom stereocenters. The van der Waals surface area contributed by atoms with Gasteiger partial charge in [0.2, 0.25) is 0 Å². The number of hydrogen-bond donors (Lipinski definition) is 1. The Labute approximate surface area is 132 Å². The maximum atomic E-state index is 11.2. The Morgan fingerprint density at radius 3 is 2.80 bits per heavy atom. The van der Waals surface area contributed by atoms with E-state index < -0.39 is 5.97 Å². The van der Waals surface area contributed by atoms with Crippen molar-refractivity contribution >= 4 is 51.2 Å². The molecule has 0 saturated heterocycles. The fourth-order valence-electron chi connectivity index (χ4n) is 1.95. The Hall–Kier alpha value is -1.67. The Balaban J connectivity index is 2.28. The summed E-state index contributed by atoms with van der Waals surface area (Å²) in [4.78, 5) is 11.2. The van der Waals surface area contributed by atoms with Gasteiger partial charge in [0, 0.05) is 3.57 Å². The third kappa shape index (κ3) is 2.14. The van der Waals surface area contributed by atoms with Crippen LogP contribution in [-0.4, -0.2) is 26.1 Å². The number of carboxylic acid groups (broad SMARTS) is 1. The molecular weight excluding hydrogens is 393 g/mol. The van der Waals surface area contributed by atoms with Gasteiger partial charge >= 0.3 is 5.97 Å². The van der Waals surface area contributed by atoms with Crippen molar-refractivity contribution in [1.82, 2.24) is 15.0 Å². The molecule has 100 valence electrons. The van der Waals surface area contributed by atoms with Gasteiger partial charge in [0.05, 0.1) is 21.8 Å². The lowest BCUT2D eigenvalue weighted by atomic mass is 10.2. The van der Waals surface area contributed by atoms with Gasteiger partial charge in [0.25, 0.3) is 0 Å². The van der Waals surface area contributed by atoms with E-state index in [0.717, 1.165) is 3.57 Å². The fraction of sp³-hybridized carbons (Fsp3) is 0. The third-order valence-corrected chi connectivity index (χ3v) is 3.82. The van der Waals surface area contributed by atoms with Crippen molar-refractivity contribution in [2.24, 2.45) is 0 Å². The lowest BCUT2D eigenvalue weighted by Gasteiger charge is -2.05. The van der Waals surface area contributed by atoms with Gasteiger partial charge in [-0.25, -0.2) is 9.48 Å². The molecule has 0 amide bonds. The molecule has 0 bridgehead atoms. The molecule has 1 N–H and O–H groups in total. The Kier molecular flexibility index (Phi) is 3.35. The van der Waals surface area contributed by atoms with Crippen LogP contribution in [0.4, 0.5) is 0 Å². The number of rotatable bonds is 2. The first-order valence-electron chi connectivity index (χ1n) is 5.61. The zero-order valence-electron chi connectivity index (χ0n) is 9.92. The van der Waals surface area contributed by atoms with Crippen molar-refractivity contribution in [3.05, 3.63) is 50.6 Å². The Morgan fingerprint density at radius 2 is 2.10 bits per heavy atom. The monoisotopic (exact) mass is 399 g/mol. The standard InChI is InChI=1S/C13H7ClIN3O2/c14-9-6-7(15)4-5-10(9)18-11-3-1-2-8(13(19)20)12(11)16-17-18/h1-6H,(H,19,20). The van der Waals surface area contributed by atoms with Crippen molar-refractivity contribution in [3.8, 4) is 5.69 Å². The van der Waals surface area contributed by atoms with Crippen LogP contribution in [0, 0.1) is 3.57 Å². The van der Waals surface area contributed by atoms with Crippen LogP contribution < -0.4 is 0 Å². The summed E-state index contributed by atoms with van der Waals surface area (Å²) in [5, 5.41) is 17.6. The smallest absolute Gasteiger partial charge is 0.338 e. The first-order valence-corrected chi connectivity index (χ1v) is 7.07. The van der Waals surface area contributed by atoms with E-state index >= 15 is 0 Å². The molecule has 7 heteroatoms. The summed E-state index contributed by atoms with van der Waals surface area (Å²) in [5.41, 5.74) is 1.73. The van der Waals surface area contributed by atoms with E-state index in [-0.39, 0.29) is 5.56 Å². The van der Waals surface area contributed by atoms with Crippen LogP contribution in [0.5, 0.6) is 0 Å². The largest absolute Gasteiger partial charge is 0.478 e. The maximum absolute atomic E-state index is 11.2. The number of benzene rings is 2. The zero-order valence-corrected chi connectivity index (χ0v) is 12.8. The van der Waals surface area contributed by atoms with Crippen molar-refractivity contribution < 1.29 is 9.90 Å². The Morgan fingerprint density at radius 1 is 1.30 bits per heavy atom. The lowest BCUT2D eigenvalue weighted by molar-refractivity contribution is 0.0699. The van der Waals surface area contributed by atoms with E-state index in [1.165, 1.54) is 6.07 Å². The maximum Gasteiger partial charge on any atom is 0.338 e. The van der Waals surface area contributed by atoms with Gasteiger partial charge in [0.1, 0.15) is 5.52 Å². The van der Waals surface area contributed by atoms with Crippen molar-refractivity contribution in [2.45, 2.75) is 0 Å². The highest BCUT2D eigenvalue weighted by molar-refractivity contribution is 14.1. The second kappa shape index (κ2) is 5.02. The van der Waals surface area contributed by atoms with Gasteiger partial charge in [-0.05, 0) is 52.9 Å². The molecule has 20 heavy (non-hydrogen) atoms. The first kappa shape index (κ1) is 13.3. The van der Waals surface area contributed by atoms with E-state index in [1.54, 1.807) is 16.8 Å². The predicted octanol–water partition coefficient (Wildman–Crippen LogP) is 3.38. The number of carboxylic acids is 1. The molecule has 2 aromatic carbocycles. The van der Waals surface area contributed by atoms with Crippen LogP contribution >= 0.6 is 34.2 Å². The van der Waals surface area contributed by atoms with E-state index in [0.29, 0.717) is 21.7 Å². The molecule has 1 aromatic heterocycles. The summed E-state index contributed by atoms with van der Waals surface area (Å²) in [6.45, 7) is 0. The number of fused-ring (bicyclic) bond motifs is 1. The summed E-state index contributed by atoms with van der Waals surface area (Å²) >= 11 is 8.38. The number of carbonyl (C=O) groups is 1. The number of halogens is 2. The second-order valence-corrected chi connectivity index (χ2v) is 5.73. The summed E-state index contributed by atoms with van der Waals surface area (Å²) in [6.07, 6.45) is 0. The number of hydrogen-bond acceptors (Lipinski definition) is 3. The van der Waals surface area contributed by atoms with Gasteiger partial charge in [0.15, 0.2) is 0 Å². The number of aromatic carboxylic acids is 1. The number of aromatic nitrogens is 3. The fourth-order valence-corrected chi connectivity index (χ4v) is 2.88. The van der Waals surface area contributed by atoms with Crippen molar-refractivity contribution in [3.63, 3.8) is 0 Å². The van der Waals surface area contributed by atoms with Crippen molar-refractivity contribution in [2.75, 3.05) is 0 Å². The van der Waals surface area contributed by atoms with Crippen LogP contribution in [0.25, 0.3) is 16.7 Å². The summed E-state index contributed by atoms with van der Waals surface area (Å²) < 4.78 is 2.55. The quantitative estimate of drug-likeness (QED) is 0.671. The first-order chi connectivity index (χ1) is 9.58. The lowest BCUT2D eigenvalue weighted by Crippen LogP contribution is -1.99. The molecule has 0 unspecified atom stereocenters. The van der Waals surface area contributed by atoms with Crippen LogP contribution in [0.1, 0.15) is 10.4 Å². The molecule has 0 aliphatic heterocycles. The minimum atomic E-state index is -1.03. The third-order valence-electron chi connectivity index (χ3n) is 2.85. The van der Waals surface area contributed by atoms with Gasteiger partial charge in [-0.3, -0.25) is 0 Å². The van der Waals surface area contributed by atoms with Crippen LogP contribution in [-0.2, 0) is 0 Å². The summed E-state index contributed by atoms with van der Waals surface area (Å²) in [7, 11) is 0. The summed E-state index contributed by atoms with van der Waals surface area (Å²) in [6, 6.07) is 10.5. The second-order valence-electron chi connectivity index (χ2n) is 4.08. The average Bonchev–Trinajstić information content (AvgIpc) is 2.82. The SMILES string of the molecule is O=C(O)c1cccc2c1nnn2-c1ccc(I)cc1Cl. The molecule has 3 rings (SSSR count). The minimum Gasteiger partial charge on any atom is -0.478 e. The normalized spacial score (nSPS) is 10.9. The Bertz CT molecular complexity index is 832. The van der Waals surface area contributed by atoms with E-state index in [1.807, 2.05) is 18.2 Å².